The topological polar surface area (TPSA) is 81.0 Å². The number of guanidine groups is 1. The maximum Gasteiger partial charge on any atom is 0.216 e. The average molecular weight is 357 g/mol. The van der Waals surface area contributed by atoms with E-state index < -0.39 is 0 Å². The molecule has 3 aliphatic heterocycles. The molecule has 26 heavy (non-hydrogen) atoms. The molecule has 7 nitrogen and oxygen atoms in total. The third kappa shape index (κ3) is 3.88. The molecule has 0 aliphatic carbocycles. The highest BCUT2D eigenvalue weighted by atomic mass is 16.5. The fraction of sp³-hybridized carbons (Fsp3) is 0.526. The SMILES string of the molecule is CC(C(=N)N=C(N(C)C=O)N1CCC2(CCOC2)CC1)=C1C=CC=CN1. The highest BCUT2D eigenvalue weighted by Gasteiger charge is 2.39. The first-order chi connectivity index (χ1) is 12.5. The van der Waals surface area contributed by atoms with E-state index in [0.29, 0.717) is 5.96 Å². The van der Waals surface area contributed by atoms with Gasteiger partial charge >= 0.3 is 0 Å². The van der Waals surface area contributed by atoms with Crippen LogP contribution in [-0.2, 0) is 9.53 Å². The van der Waals surface area contributed by atoms with Crippen LogP contribution in [0.3, 0.4) is 0 Å². The molecule has 2 saturated heterocycles. The second kappa shape index (κ2) is 7.86. The molecule has 1 spiro atoms. The van der Waals surface area contributed by atoms with Crippen molar-refractivity contribution in [1.29, 1.82) is 5.41 Å². The van der Waals surface area contributed by atoms with Crippen LogP contribution in [-0.4, -0.2) is 61.4 Å². The number of aliphatic imine (C=N–C) groups is 1. The number of amidine groups is 1. The molecular weight excluding hydrogens is 330 g/mol. The number of dihydropyridines is 1. The first kappa shape index (κ1) is 18.4. The summed E-state index contributed by atoms with van der Waals surface area (Å²) in [7, 11) is 1.69. The quantitative estimate of drug-likeness (QED) is 0.449. The molecule has 0 saturated carbocycles. The van der Waals surface area contributed by atoms with Crippen molar-refractivity contribution in [2.24, 2.45) is 10.4 Å². The molecule has 3 heterocycles. The molecule has 3 aliphatic rings. The van der Waals surface area contributed by atoms with Gasteiger partial charge in [-0.05, 0) is 43.8 Å². The normalized spacial score (nSPS) is 23.8. The molecule has 0 unspecified atom stereocenters. The Morgan fingerprint density at radius 3 is 2.73 bits per heavy atom. The van der Waals surface area contributed by atoms with Gasteiger partial charge in [0.2, 0.25) is 12.4 Å². The number of nitrogens with one attached hydrogen (secondary N) is 2. The van der Waals surface area contributed by atoms with Crippen LogP contribution in [0.5, 0.6) is 0 Å². The van der Waals surface area contributed by atoms with Gasteiger partial charge in [-0.2, -0.15) is 4.99 Å². The largest absolute Gasteiger partial charge is 0.381 e. The maximum atomic E-state index is 11.4. The lowest BCUT2D eigenvalue weighted by Crippen LogP contribution is -2.49. The summed E-state index contributed by atoms with van der Waals surface area (Å²) in [4.78, 5) is 19.4. The van der Waals surface area contributed by atoms with E-state index in [2.05, 4.69) is 15.2 Å². The summed E-state index contributed by atoms with van der Waals surface area (Å²) < 4.78 is 5.59. The van der Waals surface area contributed by atoms with Gasteiger partial charge in [-0.3, -0.25) is 15.1 Å². The van der Waals surface area contributed by atoms with Crippen molar-refractivity contribution in [3.8, 4) is 0 Å². The summed E-state index contributed by atoms with van der Waals surface area (Å²) in [5, 5.41) is 11.5. The number of nitrogens with zero attached hydrogens (tertiary/aromatic N) is 3. The number of hydrogen-bond donors (Lipinski definition) is 2. The minimum Gasteiger partial charge on any atom is -0.381 e. The number of ether oxygens (including phenoxy) is 1. The van der Waals surface area contributed by atoms with Crippen molar-refractivity contribution in [1.82, 2.24) is 15.1 Å². The smallest absolute Gasteiger partial charge is 0.216 e. The van der Waals surface area contributed by atoms with E-state index in [1.165, 1.54) is 4.90 Å². The predicted octanol–water partition coefficient (Wildman–Crippen LogP) is 1.86. The van der Waals surface area contributed by atoms with Crippen molar-refractivity contribution in [2.75, 3.05) is 33.4 Å². The summed E-state index contributed by atoms with van der Waals surface area (Å²) in [6.07, 6.45) is 11.5. The summed E-state index contributed by atoms with van der Waals surface area (Å²) in [6.45, 7) is 5.19. The first-order valence-corrected chi connectivity index (χ1v) is 9.04. The molecule has 0 aromatic rings. The molecular formula is C19H27N5O2. The van der Waals surface area contributed by atoms with Crippen LogP contribution in [0.4, 0.5) is 0 Å². The van der Waals surface area contributed by atoms with E-state index in [9.17, 15) is 4.79 Å². The number of carbonyl (C=O) groups excluding carboxylic acids is 1. The molecule has 0 aromatic carbocycles. The third-order valence-electron chi connectivity index (χ3n) is 5.45. The number of amides is 1. The van der Waals surface area contributed by atoms with Gasteiger partial charge < -0.3 is 15.0 Å². The Kier molecular flexibility index (Phi) is 5.56. The Hall–Kier alpha value is -2.41. The molecule has 2 fully saturated rings. The van der Waals surface area contributed by atoms with Crippen molar-refractivity contribution in [3.63, 3.8) is 0 Å². The zero-order valence-corrected chi connectivity index (χ0v) is 15.5. The van der Waals surface area contributed by atoms with Gasteiger partial charge in [0, 0.05) is 44.2 Å². The van der Waals surface area contributed by atoms with E-state index in [1.807, 2.05) is 31.4 Å². The Morgan fingerprint density at radius 1 is 1.38 bits per heavy atom. The van der Waals surface area contributed by atoms with Gasteiger partial charge in [0.05, 0.1) is 6.61 Å². The Bertz CT molecular complexity index is 676. The summed E-state index contributed by atoms with van der Waals surface area (Å²) in [5.41, 5.74) is 1.87. The molecule has 0 aromatic heterocycles. The highest BCUT2D eigenvalue weighted by molar-refractivity contribution is 6.05. The maximum absolute atomic E-state index is 11.4. The van der Waals surface area contributed by atoms with E-state index in [4.69, 9.17) is 10.1 Å². The van der Waals surface area contributed by atoms with Gasteiger partial charge in [-0.15, -0.1) is 0 Å². The average Bonchev–Trinajstić information content (AvgIpc) is 3.14. The van der Waals surface area contributed by atoms with E-state index >= 15 is 0 Å². The van der Waals surface area contributed by atoms with Crippen molar-refractivity contribution < 1.29 is 9.53 Å². The van der Waals surface area contributed by atoms with Gasteiger partial charge in [-0.1, -0.05) is 6.08 Å². The van der Waals surface area contributed by atoms with Crippen LogP contribution in [0.2, 0.25) is 0 Å². The number of carbonyl (C=O) groups is 1. The van der Waals surface area contributed by atoms with E-state index in [0.717, 1.165) is 63.2 Å². The fourth-order valence-corrected chi connectivity index (χ4v) is 3.58. The Labute approximate surface area is 154 Å². The summed E-state index contributed by atoms with van der Waals surface area (Å²) in [5.74, 6) is 0.690. The van der Waals surface area contributed by atoms with E-state index in [1.54, 1.807) is 7.05 Å². The minimum atomic E-state index is 0.153. The van der Waals surface area contributed by atoms with Crippen molar-refractivity contribution in [3.05, 3.63) is 35.7 Å². The number of rotatable bonds is 2. The minimum absolute atomic E-state index is 0.153. The monoisotopic (exact) mass is 357 g/mol. The second-order valence-electron chi connectivity index (χ2n) is 7.17. The van der Waals surface area contributed by atoms with Gasteiger partial charge in [0.1, 0.15) is 0 Å². The standard InChI is InChI=1S/C19H27N5O2/c1-15(16-5-3-4-9-21-16)17(20)22-18(23(2)14-25)24-10-6-19(7-11-24)8-12-26-13-19/h3-5,9,14,20-21H,6-8,10-13H2,1-2H3. The third-order valence-corrected chi connectivity index (χ3v) is 5.45. The molecule has 3 rings (SSSR count). The fourth-order valence-electron chi connectivity index (χ4n) is 3.58. The van der Waals surface area contributed by atoms with Gasteiger partial charge in [0.25, 0.3) is 0 Å². The Morgan fingerprint density at radius 2 is 2.15 bits per heavy atom. The Balaban J connectivity index is 1.76. The van der Waals surface area contributed by atoms with Crippen LogP contribution in [0, 0.1) is 10.8 Å². The molecule has 0 radical (unpaired) electrons. The molecule has 7 heteroatoms. The lowest BCUT2D eigenvalue weighted by atomic mass is 9.78. The number of hydrogen-bond acceptors (Lipinski definition) is 4. The molecule has 140 valence electrons. The highest BCUT2D eigenvalue weighted by Crippen LogP contribution is 2.39. The van der Waals surface area contributed by atoms with Gasteiger partial charge in [0.15, 0.2) is 5.84 Å². The van der Waals surface area contributed by atoms with Crippen molar-refractivity contribution in [2.45, 2.75) is 26.2 Å². The first-order valence-electron chi connectivity index (χ1n) is 9.04. The lowest BCUT2D eigenvalue weighted by molar-refractivity contribution is -0.114. The predicted molar refractivity (Wildman–Crippen MR) is 102 cm³/mol. The van der Waals surface area contributed by atoms with E-state index in [-0.39, 0.29) is 11.3 Å². The number of piperidine rings is 1. The van der Waals surface area contributed by atoms with Crippen LogP contribution >= 0.6 is 0 Å². The molecule has 0 bridgehead atoms. The van der Waals surface area contributed by atoms with Crippen LogP contribution in [0.25, 0.3) is 0 Å². The lowest BCUT2D eigenvalue weighted by Gasteiger charge is -2.40. The number of allylic oxidation sites excluding steroid dienone is 3. The van der Waals surface area contributed by atoms with Crippen LogP contribution in [0.15, 0.2) is 40.7 Å². The van der Waals surface area contributed by atoms with Crippen LogP contribution in [0.1, 0.15) is 26.2 Å². The number of likely N-dealkylation sites (tertiary alicyclic amines) is 1. The molecule has 0 atom stereocenters. The zero-order chi connectivity index (χ0) is 18.6. The van der Waals surface area contributed by atoms with Gasteiger partial charge in [-0.25, -0.2) is 0 Å². The summed E-state index contributed by atoms with van der Waals surface area (Å²) in [6, 6.07) is 0. The summed E-state index contributed by atoms with van der Waals surface area (Å²) >= 11 is 0. The van der Waals surface area contributed by atoms with Crippen LogP contribution < -0.4 is 5.32 Å². The molecule has 1 amide bonds. The van der Waals surface area contributed by atoms with Crippen molar-refractivity contribution >= 4 is 18.2 Å². The zero-order valence-electron chi connectivity index (χ0n) is 15.5. The second-order valence-corrected chi connectivity index (χ2v) is 7.17. The molecule has 2 N–H and O–H groups in total.